The number of hydrogen-bond acceptors (Lipinski definition) is 4. The molecule has 0 unspecified atom stereocenters. The van der Waals surface area contributed by atoms with Gasteiger partial charge < -0.3 is 17.4 Å². The molecule has 0 N–H and O–H groups in total. The third-order valence-corrected chi connectivity index (χ3v) is 1.54. The van der Waals surface area contributed by atoms with Gasteiger partial charge in [0.1, 0.15) is 0 Å². The van der Waals surface area contributed by atoms with Crippen LogP contribution in [0.25, 0.3) is 0 Å². The second-order valence-corrected chi connectivity index (χ2v) is 2.43. The number of carbonyl (C=O) groups is 1. The minimum atomic E-state index is -0.706. The Hall–Kier alpha value is -0.490. The Balaban J connectivity index is 0.00000144. The van der Waals surface area contributed by atoms with E-state index in [1.165, 1.54) is 24.3 Å². The van der Waals surface area contributed by atoms with Crippen LogP contribution in [0.1, 0.15) is 10.4 Å². The van der Waals surface area contributed by atoms with Crippen molar-refractivity contribution in [2.75, 3.05) is 0 Å². The maximum Gasteiger partial charge on any atom is 1.00 e. The first kappa shape index (κ1) is 12.5. The molecule has 0 aliphatic heterocycles. The van der Waals surface area contributed by atoms with Gasteiger partial charge in [0.15, 0.2) is 0 Å². The fourth-order valence-corrected chi connectivity index (χ4v) is 0.978. The third-order valence-electron chi connectivity index (χ3n) is 1.32. The van der Waals surface area contributed by atoms with Crippen molar-refractivity contribution in [2.24, 2.45) is 0 Å². The fourth-order valence-electron chi connectivity index (χ4n) is 0.805. The topological polar surface area (TPSA) is 60.2 Å². The largest absolute Gasteiger partial charge is 1.00 e. The molecule has 0 fully saturated rings. The number of nitrogens with zero attached hydrogens (tertiary/aromatic N) is 1. The molecular formula is C7H4NNaO3S. The molecule has 0 atom stereocenters. The van der Waals surface area contributed by atoms with Gasteiger partial charge in [-0.25, -0.2) is 0 Å². The van der Waals surface area contributed by atoms with E-state index < -0.39 is 10.0 Å². The van der Waals surface area contributed by atoms with Crippen LogP contribution >= 0.6 is 0 Å². The Morgan fingerprint density at radius 2 is 1.92 bits per heavy atom. The number of carbonyl (C=O) groups excluding carboxylic acids is 1. The summed E-state index contributed by atoms with van der Waals surface area (Å²) in [5.41, 5.74) is -0.269. The summed E-state index contributed by atoms with van der Waals surface area (Å²) in [7, 11) is 0. The van der Waals surface area contributed by atoms with Gasteiger partial charge in [-0.15, -0.1) is 0 Å². The summed E-state index contributed by atoms with van der Waals surface area (Å²) >= 11 is 4.31. The Morgan fingerprint density at radius 1 is 1.38 bits per heavy atom. The summed E-state index contributed by atoms with van der Waals surface area (Å²) < 4.78 is 0. The standard InChI is InChI=1S/C7H5NO3S.Na/c9-7(12)5-3-1-2-4-6(5)8(10)11;/h1-4H,(H,9,12);/q;+1/p-1. The van der Waals surface area contributed by atoms with Gasteiger partial charge in [-0.1, -0.05) is 12.1 Å². The van der Waals surface area contributed by atoms with E-state index in [1.807, 2.05) is 0 Å². The summed E-state index contributed by atoms with van der Waals surface area (Å²) in [4.78, 5) is 20.4. The SMILES string of the molecule is O=C([S-])c1ccccc1[N+](=O)[O-].[Na+]. The van der Waals surface area contributed by atoms with E-state index in [1.54, 1.807) is 0 Å². The van der Waals surface area contributed by atoms with Crippen LogP contribution in [0, 0.1) is 10.1 Å². The van der Waals surface area contributed by atoms with Crippen molar-refractivity contribution in [1.82, 2.24) is 0 Å². The molecule has 1 aromatic rings. The summed E-state index contributed by atoms with van der Waals surface area (Å²) in [5.74, 6) is 0. The van der Waals surface area contributed by atoms with Gasteiger partial charge >= 0.3 is 29.6 Å². The van der Waals surface area contributed by atoms with Gasteiger partial charge in [0, 0.05) is 11.2 Å². The second-order valence-electron chi connectivity index (χ2n) is 2.06. The van der Waals surface area contributed by atoms with E-state index in [2.05, 4.69) is 12.6 Å². The zero-order valence-electron chi connectivity index (χ0n) is 6.89. The molecule has 4 nitrogen and oxygen atoms in total. The molecule has 0 amide bonds. The van der Waals surface area contributed by atoms with E-state index in [-0.39, 0.29) is 40.8 Å². The van der Waals surface area contributed by atoms with E-state index >= 15 is 0 Å². The van der Waals surface area contributed by atoms with Crippen molar-refractivity contribution < 1.29 is 39.3 Å². The zero-order valence-corrected chi connectivity index (χ0v) is 9.71. The molecule has 62 valence electrons. The first-order valence-corrected chi connectivity index (χ1v) is 3.48. The number of para-hydroxylation sites is 1. The summed E-state index contributed by atoms with van der Waals surface area (Å²) in [6.07, 6.45) is 0. The van der Waals surface area contributed by atoms with Crippen LogP contribution in [-0.4, -0.2) is 10.0 Å². The Labute approximate surface area is 102 Å². The molecule has 0 aromatic heterocycles. The van der Waals surface area contributed by atoms with Crippen molar-refractivity contribution in [1.29, 1.82) is 0 Å². The van der Waals surface area contributed by atoms with E-state index in [0.717, 1.165) is 0 Å². The van der Waals surface area contributed by atoms with Crippen LogP contribution in [0.3, 0.4) is 0 Å². The molecule has 13 heavy (non-hydrogen) atoms. The summed E-state index contributed by atoms with van der Waals surface area (Å²) in [5, 5.41) is 9.63. The molecule has 0 spiro atoms. The number of rotatable bonds is 2. The molecule has 0 bridgehead atoms. The van der Waals surface area contributed by atoms with Crippen LogP contribution in [0.2, 0.25) is 0 Å². The Morgan fingerprint density at radius 3 is 2.31 bits per heavy atom. The maximum atomic E-state index is 10.7. The van der Waals surface area contributed by atoms with E-state index in [9.17, 15) is 14.9 Å². The molecule has 0 saturated carbocycles. The minimum Gasteiger partial charge on any atom is -0.737 e. The molecule has 0 aliphatic carbocycles. The van der Waals surface area contributed by atoms with Gasteiger partial charge in [0.25, 0.3) is 5.69 Å². The van der Waals surface area contributed by atoms with Crippen molar-refractivity contribution >= 4 is 23.4 Å². The molecule has 0 saturated heterocycles. The molecule has 0 heterocycles. The van der Waals surface area contributed by atoms with Crippen molar-refractivity contribution in [3.8, 4) is 0 Å². The van der Waals surface area contributed by atoms with Gasteiger partial charge in [-0.05, 0) is 6.07 Å². The molecular weight excluding hydrogens is 201 g/mol. The molecule has 0 radical (unpaired) electrons. The predicted octanol–water partition coefficient (Wildman–Crippen LogP) is -1.71. The fraction of sp³-hybridized carbons (Fsp3) is 0. The Bertz CT molecular complexity index is 309. The second kappa shape index (κ2) is 5.29. The number of nitro benzene ring substituents is 1. The van der Waals surface area contributed by atoms with E-state index in [4.69, 9.17) is 0 Å². The van der Waals surface area contributed by atoms with Crippen LogP contribution in [0.5, 0.6) is 0 Å². The van der Waals surface area contributed by atoms with E-state index in [0.29, 0.717) is 0 Å². The normalized spacial score (nSPS) is 8.62. The first-order valence-electron chi connectivity index (χ1n) is 3.07. The predicted molar refractivity (Wildman–Crippen MR) is 44.8 cm³/mol. The van der Waals surface area contributed by atoms with Gasteiger partial charge in [0.2, 0.25) is 0 Å². The van der Waals surface area contributed by atoms with Gasteiger partial charge in [-0.2, -0.15) is 0 Å². The maximum absolute atomic E-state index is 10.7. The number of benzene rings is 1. The number of nitro groups is 1. The third kappa shape index (κ3) is 3.04. The molecule has 1 aromatic carbocycles. The average molecular weight is 205 g/mol. The van der Waals surface area contributed by atoms with Crippen molar-refractivity contribution in [3.05, 3.63) is 39.9 Å². The molecule has 6 heteroatoms. The van der Waals surface area contributed by atoms with Gasteiger partial charge in [-0.3, -0.25) is 10.1 Å². The van der Waals surface area contributed by atoms with Crippen molar-refractivity contribution in [2.45, 2.75) is 0 Å². The minimum absolute atomic E-state index is 0. The van der Waals surface area contributed by atoms with Crippen LogP contribution in [0.15, 0.2) is 24.3 Å². The van der Waals surface area contributed by atoms with Gasteiger partial charge in [0.05, 0.1) is 10.5 Å². The monoisotopic (exact) mass is 205 g/mol. The van der Waals surface area contributed by atoms with Crippen molar-refractivity contribution in [3.63, 3.8) is 0 Å². The molecule has 1 rings (SSSR count). The van der Waals surface area contributed by atoms with Crippen LogP contribution < -0.4 is 29.6 Å². The van der Waals surface area contributed by atoms with Crippen LogP contribution in [-0.2, 0) is 12.6 Å². The van der Waals surface area contributed by atoms with Crippen LogP contribution in [0.4, 0.5) is 5.69 Å². The number of hydrogen-bond donors (Lipinski definition) is 0. The average Bonchev–Trinajstić information content (AvgIpc) is 2.04. The Kier molecular flexibility index (Phi) is 5.09. The zero-order chi connectivity index (χ0) is 9.14. The first-order chi connectivity index (χ1) is 5.63. The quantitative estimate of drug-likeness (QED) is 0.249. The summed E-state index contributed by atoms with van der Waals surface area (Å²) in [6.45, 7) is 0. The molecule has 0 aliphatic rings. The summed E-state index contributed by atoms with van der Waals surface area (Å²) in [6, 6.07) is 5.61. The smallest absolute Gasteiger partial charge is 0.737 e.